The lowest BCUT2D eigenvalue weighted by molar-refractivity contribution is 0.0694. The normalized spacial score (nSPS) is 18.4. The van der Waals surface area contributed by atoms with Gasteiger partial charge in [-0.15, -0.1) is 0 Å². The van der Waals surface area contributed by atoms with Crippen LogP contribution in [-0.4, -0.2) is 27.1 Å². The molecule has 1 heterocycles. The second-order valence-corrected chi connectivity index (χ2v) is 5.61. The van der Waals surface area contributed by atoms with E-state index in [1.54, 1.807) is 0 Å². The molecule has 1 atom stereocenters. The Labute approximate surface area is 119 Å². The summed E-state index contributed by atoms with van der Waals surface area (Å²) >= 11 is 0. The van der Waals surface area contributed by atoms with E-state index >= 15 is 0 Å². The van der Waals surface area contributed by atoms with Gasteiger partial charge in [0.2, 0.25) is 0 Å². The van der Waals surface area contributed by atoms with E-state index in [-0.39, 0.29) is 5.56 Å². The van der Waals surface area contributed by atoms with Crippen molar-refractivity contribution in [2.75, 3.05) is 0 Å². The van der Waals surface area contributed by atoms with Gasteiger partial charge in [-0.25, -0.2) is 14.8 Å². The number of hydrogen-bond acceptors (Lipinski definition) is 4. The molecule has 1 fully saturated rings. The third-order valence-corrected chi connectivity index (χ3v) is 4.22. The lowest BCUT2D eigenvalue weighted by atomic mass is 9.93. The average molecular weight is 277 g/mol. The van der Waals surface area contributed by atoms with E-state index in [1.807, 2.05) is 0 Å². The largest absolute Gasteiger partial charge is 0.478 e. The Bertz CT molecular complexity index is 442. The van der Waals surface area contributed by atoms with Gasteiger partial charge in [0.1, 0.15) is 11.9 Å². The minimum atomic E-state index is -0.968. The predicted octanol–water partition coefficient (Wildman–Crippen LogP) is 2.62. The van der Waals surface area contributed by atoms with Crippen LogP contribution in [0.4, 0.5) is 0 Å². The fourth-order valence-electron chi connectivity index (χ4n) is 2.91. The summed E-state index contributed by atoms with van der Waals surface area (Å²) in [5.41, 5.74) is 0.751. The quantitative estimate of drug-likeness (QED) is 0.809. The Morgan fingerprint density at radius 3 is 2.75 bits per heavy atom. The lowest BCUT2D eigenvalue weighted by Crippen LogP contribution is -2.33. The predicted molar refractivity (Wildman–Crippen MR) is 76.5 cm³/mol. The van der Waals surface area contributed by atoms with Crippen molar-refractivity contribution in [1.82, 2.24) is 15.3 Å². The molecule has 0 amide bonds. The van der Waals surface area contributed by atoms with Crippen LogP contribution in [0.5, 0.6) is 0 Å². The summed E-state index contributed by atoms with van der Waals surface area (Å²) in [6.45, 7) is 2.68. The summed E-state index contributed by atoms with van der Waals surface area (Å²) in [6.07, 6.45) is 10.6. The standard InChI is InChI=1S/C15H23N3O2/c1-11(12-6-4-2-3-5-7-12)17-9-14-13(15(19)20)8-16-10-18-14/h8,10-12,17H,2-7,9H2,1H3,(H,19,20)/t11-/m1/s1. The molecule has 0 aliphatic heterocycles. The van der Waals surface area contributed by atoms with Gasteiger partial charge < -0.3 is 10.4 Å². The molecule has 2 N–H and O–H groups in total. The van der Waals surface area contributed by atoms with Crippen molar-refractivity contribution in [2.24, 2.45) is 5.92 Å². The Balaban J connectivity index is 1.92. The monoisotopic (exact) mass is 277 g/mol. The van der Waals surface area contributed by atoms with Crippen molar-refractivity contribution in [2.45, 2.75) is 58.0 Å². The molecule has 0 spiro atoms. The number of carboxylic acids is 1. The van der Waals surface area contributed by atoms with Crippen LogP contribution in [-0.2, 0) is 6.54 Å². The zero-order chi connectivity index (χ0) is 14.4. The molecule has 1 aromatic rings. The van der Waals surface area contributed by atoms with Crippen LogP contribution in [0.2, 0.25) is 0 Å². The van der Waals surface area contributed by atoms with Gasteiger partial charge in [-0.2, -0.15) is 0 Å². The van der Waals surface area contributed by atoms with Crippen LogP contribution < -0.4 is 5.32 Å². The first kappa shape index (κ1) is 14.9. The van der Waals surface area contributed by atoms with Crippen LogP contribution in [0, 0.1) is 5.92 Å². The maximum absolute atomic E-state index is 11.1. The Morgan fingerprint density at radius 2 is 2.10 bits per heavy atom. The van der Waals surface area contributed by atoms with E-state index in [4.69, 9.17) is 5.11 Å². The highest BCUT2D eigenvalue weighted by Gasteiger charge is 2.19. The maximum atomic E-state index is 11.1. The SMILES string of the molecule is C[C@@H](NCc1ncncc1C(=O)O)C1CCCCCC1. The van der Waals surface area contributed by atoms with Gasteiger partial charge in [0.05, 0.1) is 5.69 Å². The number of rotatable bonds is 5. The third kappa shape index (κ3) is 4.00. The minimum absolute atomic E-state index is 0.188. The number of carbonyl (C=O) groups is 1. The number of hydrogen-bond donors (Lipinski definition) is 2. The average Bonchev–Trinajstić information content (AvgIpc) is 2.74. The summed E-state index contributed by atoms with van der Waals surface area (Å²) in [5.74, 6) is -0.280. The number of nitrogens with one attached hydrogen (secondary N) is 1. The molecule has 5 heteroatoms. The van der Waals surface area contributed by atoms with Gasteiger partial charge in [0.15, 0.2) is 0 Å². The second-order valence-electron chi connectivity index (χ2n) is 5.61. The van der Waals surface area contributed by atoms with E-state index in [1.165, 1.54) is 51.0 Å². The van der Waals surface area contributed by atoms with Gasteiger partial charge in [-0.3, -0.25) is 0 Å². The van der Waals surface area contributed by atoms with Gasteiger partial charge in [0.25, 0.3) is 0 Å². The van der Waals surface area contributed by atoms with Crippen LogP contribution in [0.1, 0.15) is 61.5 Å². The number of carboxylic acid groups (broad SMARTS) is 1. The van der Waals surface area contributed by atoms with Gasteiger partial charge in [-0.1, -0.05) is 25.7 Å². The van der Waals surface area contributed by atoms with Gasteiger partial charge >= 0.3 is 5.97 Å². The highest BCUT2D eigenvalue weighted by atomic mass is 16.4. The molecule has 1 aliphatic rings. The number of aromatic carboxylic acids is 1. The molecule has 0 radical (unpaired) electrons. The van der Waals surface area contributed by atoms with Gasteiger partial charge in [0, 0.05) is 18.8 Å². The summed E-state index contributed by atoms with van der Waals surface area (Å²) in [7, 11) is 0. The lowest BCUT2D eigenvalue weighted by Gasteiger charge is -2.23. The highest BCUT2D eigenvalue weighted by molar-refractivity contribution is 5.88. The molecule has 1 aliphatic carbocycles. The molecule has 1 saturated carbocycles. The van der Waals surface area contributed by atoms with E-state index in [2.05, 4.69) is 22.2 Å². The molecule has 2 rings (SSSR count). The van der Waals surface area contributed by atoms with E-state index in [0.29, 0.717) is 24.2 Å². The molecule has 20 heavy (non-hydrogen) atoms. The fraction of sp³-hybridized carbons (Fsp3) is 0.667. The smallest absolute Gasteiger partial charge is 0.339 e. The molecule has 0 bridgehead atoms. The Hall–Kier alpha value is -1.49. The van der Waals surface area contributed by atoms with Crippen LogP contribution in [0.15, 0.2) is 12.5 Å². The van der Waals surface area contributed by atoms with Crippen LogP contribution >= 0.6 is 0 Å². The zero-order valence-corrected chi connectivity index (χ0v) is 12.0. The summed E-state index contributed by atoms with van der Waals surface area (Å²) < 4.78 is 0. The maximum Gasteiger partial charge on any atom is 0.339 e. The zero-order valence-electron chi connectivity index (χ0n) is 12.0. The summed E-state index contributed by atoms with van der Waals surface area (Å²) in [6, 6.07) is 0.393. The highest BCUT2D eigenvalue weighted by Crippen LogP contribution is 2.25. The molecular weight excluding hydrogens is 254 g/mol. The minimum Gasteiger partial charge on any atom is -0.478 e. The molecule has 0 unspecified atom stereocenters. The summed E-state index contributed by atoms with van der Waals surface area (Å²) in [4.78, 5) is 19.0. The van der Waals surface area contributed by atoms with Gasteiger partial charge in [-0.05, 0) is 25.7 Å². The van der Waals surface area contributed by atoms with Crippen molar-refractivity contribution in [3.63, 3.8) is 0 Å². The molecule has 0 saturated heterocycles. The first-order valence-corrected chi connectivity index (χ1v) is 7.44. The van der Waals surface area contributed by atoms with E-state index < -0.39 is 5.97 Å². The van der Waals surface area contributed by atoms with Crippen LogP contribution in [0.3, 0.4) is 0 Å². The van der Waals surface area contributed by atoms with Crippen LogP contribution in [0.25, 0.3) is 0 Å². The van der Waals surface area contributed by atoms with E-state index in [9.17, 15) is 4.79 Å². The first-order valence-electron chi connectivity index (χ1n) is 7.44. The Morgan fingerprint density at radius 1 is 1.40 bits per heavy atom. The fourth-order valence-corrected chi connectivity index (χ4v) is 2.91. The van der Waals surface area contributed by atoms with Crippen molar-refractivity contribution in [1.29, 1.82) is 0 Å². The topological polar surface area (TPSA) is 75.1 Å². The molecule has 1 aromatic heterocycles. The number of aromatic nitrogens is 2. The number of nitrogens with zero attached hydrogens (tertiary/aromatic N) is 2. The van der Waals surface area contributed by atoms with Crippen molar-refractivity contribution in [3.8, 4) is 0 Å². The Kier molecular flexibility index (Phi) is 5.47. The van der Waals surface area contributed by atoms with E-state index in [0.717, 1.165) is 0 Å². The molecule has 5 nitrogen and oxygen atoms in total. The molecule has 110 valence electrons. The summed E-state index contributed by atoms with van der Waals surface area (Å²) in [5, 5.41) is 12.5. The first-order chi connectivity index (χ1) is 9.68. The van der Waals surface area contributed by atoms with Crippen molar-refractivity contribution in [3.05, 3.63) is 23.8 Å². The van der Waals surface area contributed by atoms with Crippen molar-refractivity contribution < 1.29 is 9.90 Å². The molecule has 0 aromatic carbocycles. The molecular formula is C15H23N3O2. The second kappa shape index (κ2) is 7.33. The van der Waals surface area contributed by atoms with Crippen molar-refractivity contribution >= 4 is 5.97 Å². The third-order valence-electron chi connectivity index (χ3n) is 4.22.